The van der Waals surface area contributed by atoms with Crippen molar-refractivity contribution in [2.45, 2.75) is 25.7 Å². The van der Waals surface area contributed by atoms with E-state index in [1.165, 1.54) is 32.6 Å². The van der Waals surface area contributed by atoms with Crippen molar-refractivity contribution < 1.29 is 31.6 Å². The van der Waals surface area contributed by atoms with Gasteiger partial charge < -0.3 is 12.4 Å². The van der Waals surface area contributed by atoms with Crippen molar-refractivity contribution in [2.24, 2.45) is 0 Å². The van der Waals surface area contributed by atoms with Gasteiger partial charge in [-0.15, -0.1) is 0 Å². The third kappa shape index (κ3) is 7.37. The topological polar surface area (TPSA) is 0 Å². The van der Waals surface area contributed by atoms with Gasteiger partial charge in [-0.1, -0.05) is 89.5 Å². The first-order valence-electron chi connectivity index (χ1n) is 8.68. The maximum atomic E-state index is 3.44. The molecule has 3 rings (SSSR count). The molecule has 0 amide bonds. The molecule has 0 atom stereocenters. The Bertz CT molecular complexity index is 700. The fraction of sp³-hybridized carbons (Fsp3) is 0.167. The van der Waals surface area contributed by atoms with Crippen molar-refractivity contribution in [3.63, 3.8) is 0 Å². The first-order valence-corrected chi connectivity index (χ1v) is 11.1. The molecule has 0 saturated carbocycles. The molecular weight excluding hydrogens is 461 g/mol. The van der Waals surface area contributed by atoms with Gasteiger partial charge in [0, 0.05) is 0 Å². The Balaban J connectivity index is 0.000000666. The maximum absolute atomic E-state index is 3.44. The zero-order valence-electron chi connectivity index (χ0n) is 16.1. The number of hydrogen-bond acceptors (Lipinski definition) is 0. The quantitative estimate of drug-likeness (QED) is 0.302. The Labute approximate surface area is 182 Å². The number of aryl methyl sites for hydroxylation is 3. The number of allylic oxidation sites excluding steroid dienone is 1. The number of halogens is 1. The van der Waals surface area contributed by atoms with Crippen LogP contribution in [0.15, 0.2) is 85.5 Å². The summed E-state index contributed by atoms with van der Waals surface area (Å²) in [6.07, 6.45) is 1.81. The average molecular weight is 487 g/mol. The fourth-order valence-electron chi connectivity index (χ4n) is 2.53. The van der Waals surface area contributed by atoms with Crippen molar-refractivity contribution in [2.75, 3.05) is 0 Å². The molecule has 3 aromatic carbocycles. The van der Waals surface area contributed by atoms with Crippen molar-refractivity contribution in [1.82, 2.24) is 0 Å². The van der Waals surface area contributed by atoms with E-state index in [4.69, 9.17) is 0 Å². The summed E-state index contributed by atoms with van der Waals surface area (Å²) in [5.41, 5.74) is 3.93. The summed E-state index contributed by atoms with van der Waals surface area (Å²) in [5, 5.41) is 4.23. The van der Waals surface area contributed by atoms with Gasteiger partial charge in [-0.2, -0.15) is 0 Å². The second kappa shape index (κ2) is 12.3. The average Bonchev–Trinajstić information content (AvgIpc) is 2.67. The van der Waals surface area contributed by atoms with Crippen LogP contribution in [-0.4, -0.2) is 0 Å². The summed E-state index contributed by atoms with van der Waals surface area (Å²) in [6, 6.07) is 27.0. The molecule has 144 valence electrons. The van der Waals surface area contributed by atoms with Gasteiger partial charge in [-0.25, -0.2) is 0 Å². The summed E-state index contributed by atoms with van der Waals surface area (Å²) in [6.45, 7) is 9.87. The van der Waals surface area contributed by atoms with Crippen molar-refractivity contribution >= 4 is 23.8 Å². The Morgan fingerprint density at radius 1 is 0.667 bits per heavy atom. The van der Waals surface area contributed by atoms with Gasteiger partial charge in [0.1, 0.15) is 0 Å². The molecule has 0 bridgehead atoms. The Morgan fingerprint density at radius 3 is 1.07 bits per heavy atom. The number of rotatable bonds is 4. The smallest absolute Gasteiger partial charge is 0.0134 e. The normalized spacial score (nSPS) is 9.85. The van der Waals surface area contributed by atoms with Crippen LogP contribution in [0.1, 0.15) is 16.7 Å². The van der Waals surface area contributed by atoms with Gasteiger partial charge in [0.05, 0.1) is 0 Å². The summed E-state index contributed by atoms with van der Waals surface area (Å²) in [7, 11) is -0.483. The summed E-state index contributed by atoms with van der Waals surface area (Å²) >= 11 is 2.92. The largest absolute Gasteiger partial charge is 1.00 e. The molecule has 0 unspecified atom stereocenters. The molecule has 0 saturated heterocycles. The third-order valence-electron chi connectivity index (χ3n) is 3.97. The van der Waals surface area contributed by atoms with E-state index >= 15 is 0 Å². The SMILES string of the molecule is C=C[CH2][Pd+].Cc1ccc(P(c2ccc(C)cc2)c2ccc(C)cc2)cc1.[Cl-]. The van der Waals surface area contributed by atoms with Crippen LogP contribution in [0.5, 0.6) is 0 Å². The molecule has 0 aliphatic carbocycles. The van der Waals surface area contributed by atoms with Crippen molar-refractivity contribution in [3.05, 3.63) is 102 Å². The number of benzene rings is 3. The molecule has 0 aliphatic rings. The van der Waals surface area contributed by atoms with Gasteiger partial charge >= 0.3 is 36.8 Å². The first kappa shape index (κ1) is 23.8. The summed E-state index contributed by atoms with van der Waals surface area (Å²) in [5.74, 6) is 0. The van der Waals surface area contributed by atoms with Crippen LogP contribution in [0.4, 0.5) is 0 Å². The van der Waals surface area contributed by atoms with Crippen LogP contribution in [-0.2, 0) is 19.2 Å². The van der Waals surface area contributed by atoms with Crippen LogP contribution in [0.25, 0.3) is 0 Å². The van der Waals surface area contributed by atoms with E-state index in [0.29, 0.717) is 0 Å². The molecule has 3 aromatic rings. The van der Waals surface area contributed by atoms with Crippen LogP contribution in [0.3, 0.4) is 0 Å². The van der Waals surface area contributed by atoms with Crippen molar-refractivity contribution in [1.29, 1.82) is 0 Å². The molecule has 0 aromatic heterocycles. The Kier molecular flexibility index (Phi) is 10.8. The minimum atomic E-state index is -0.483. The first-order chi connectivity index (χ1) is 12.5. The van der Waals surface area contributed by atoms with Crippen LogP contribution < -0.4 is 28.3 Å². The Hall–Kier alpha value is -1.22. The van der Waals surface area contributed by atoms with Gasteiger partial charge in [0.2, 0.25) is 0 Å². The number of hydrogen-bond donors (Lipinski definition) is 0. The summed E-state index contributed by atoms with van der Waals surface area (Å²) in [4.78, 5) is 0.933. The predicted molar refractivity (Wildman–Crippen MR) is 114 cm³/mol. The van der Waals surface area contributed by atoms with E-state index < -0.39 is 7.92 Å². The minimum absolute atomic E-state index is 0. The molecular formula is C24H26ClPPd. The van der Waals surface area contributed by atoms with Crippen LogP contribution in [0, 0.1) is 20.8 Å². The summed E-state index contributed by atoms with van der Waals surface area (Å²) < 4.78 is 0. The minimum Gasteiger partial charge on any atom is -1.00 e. The van der Waals surface area contributed by atoms with E-state index in [9.17, 15) is 0 Å². The Morgan fingerprint density at radius 2 is 0.889 bits per heavy atom. The molecule has 3 heteroatoms. The molecule has 0 nitrogen and oxygen atoms in total. The van der Waals surface area contributed by atoms with E-state index in [1.807, 2.05) is 6.08 Å². The van der Waals surface area contributed by atoms with Gasteiger partial charge in [0.25, 0.3) is 0 Å². The van der Waals surface area contributed by atoms with Gasteiger partial charge in [-0.05, 0) is 44.6 Å². The monoisotopic (exact) mass is 486 g/mol. The second-order valence-corrected chi connectivity index (χ2v) is 9.11. The van der Waals surface area contributed by atoms with Gasteiger partial charge in [-0.3, -0.25) is 0 Å². The van der Waals surface area contributed by atoms with E-state index in [0.717, 1.165) is 4.89 Å². The second-order valence-electron chi connectivity index (χ2n) is 6.26. The van der Waals surface area contributed by atoms with Crippen molar-refractivity contribution in [3.8, 4) is 0 Å². The predicted octanol–water partition coefficient (Wildman–Crippen LogP) is 2.51. The zero-order valence-corrected chi connectivity index (χ0v) is 19.3. The third-order valence-corrected chi connectivity index (χ3v) is 6.86. The molecule has 0 spiro atoms. The van der Waals surface area contributed by atoms with E-state index in [-0.39, 0.29) is 12.4 Å². The fourth-order valence-corrected chi connectivity index (χ4v) is 4.76. The molecule has 0 radical (unpaired) electrons. The van der Waals surface area contributed by atoms with Gasteiger partial charge in [0.15, 0.2) is 0 Å². The molecule has 27 heavy (non-hydrogen) atoms. The molecule has 0 N–H and O–H groups in total. The maximum Gasteiger partial charge on any atom is -0.0134 e. The van der Waals surface area contributed by atoms with Crippen LogP contribution in [0.2, 0.25) is 4.89 Å². The zero-order chi connectivity index (χ0) is 18.9. The standard InChI is InChI=1S/C21H21P.C3H5.ClH.Pd/c1-16-4-10-19(11-5-16)22(20-12-6-17(2)7-13-20)21-14-8-18(3)9-15-21;1-3-2;;/h4-15H,1-3H3;3H,1-2H2;1H;/q;;;+1/p-1. The van der Waals surface area contributed by atoms with E-state index in [1.54, 1.807) is 0 Å². The molecule has 0 heterocycles. The van der Waals surface area contributed by atoms with Crippen LogP contribution >= 0.6 is 7.92 Å². The molecule has 0 aliphatic heterocycles. The molecule has 0 fully saturated rings. The van der Waals surface area contributed by atoms with E-state index in [2.05, 4.69) is 119 Å².